The highest BCUT2D eigenvalue weighted by molar-refractivity contribution is 5.98. The highest BCUT2D eigenvalue weighted by atomic mass is 16.5. The second-order valence-electron chi connectivity index (χ2n) is 6.10. The first-order valence-electron chi connectivity index (χ1n) is 8.67. The number of nitrogens with two attached hydrogens (primary N) is 1. The third-order valence-electron chi connectivity index (χ3n) is 3.98. The first kappa shape index (κ1) is 20.3. The van der Waals surface area contributed by atoms with Crippen molar-refractivity contribution in [2.24, 2.45) is 10.9 Å². The van der Waals surface area contributed by atoms with Crippen molar-refractivity contribution in [1.82, 2.24) is 0 Å². The molecule has 7 nitrogen and oxygen atoms in total. The van der Waals surface area contributed by atoms with Crippen molar-refractivity contribution in [3.05, 3.63) is 59.7 Å². The van der Waals surface area contributed by atoms with Gasteiger partial charge in [0.2, 0.25) is 0 Å². The molecular formula is C20H25N3O4. The van der Waals surface area contributed by atoms with Crippen LogP contribution in [0.4, 0.5) is 0 Å². The minimum atomic E-state index is -0.591. The maximum absolute atomic E-state index is 10.0. The van der Waals surface area contributed by atoms with E-state index in [1.807, 2.05) is 24.3 Å². The molecule has 5 N–H and O–H groups in total. The summed E-state index contributed by atoms with van der Waals surface area (Å²) >= 11 is 0. The zero-order valence-corrected chi connectivity index (χ0v) is 15.3. The van der Waals surface area contributed by atoms with Gasteiger partial charge in [-0.05, 0) is 73.9 Å². The molecule has 2 rings (SSSR count). The molecule has 0 radical (unpaired) electrons. The molecule has 7 heteroatoms. The number of hydrogen-bond acceptors (Lipinski definition) is 6. The van der Waals surface area contributed by atoms with Crippen LogP contribution in [0.25, 0.3) is 0 Å². The number of nitrogens with zero attached hydrogens (tertiary/aromatic N) is 1. The number of nitrogens with one attached hydrogen (secondary N) is 1. The minimum Gasteiger partial charge on any atom is -0.494 e. The van der Waals surface area contributed by atoms with Crippen molar-refractivity contribution in [2.75, 3.05) is 13.2 Å². The van der Waals surface area contributed by atoms with Gasteiger partial charge in [0.05, 0.1) is 18.4 Å². The number of benzene rings is 2. The van der Waals surface area contributed by atoms with E-state index in [0.29, 0.717) is 36.5 Å². The van der Waals surface area contributed by atoms with Crippen molar-refractivity contribution in [3.8, 4) is 11.5 Å². The molecule has 0 fully saturated rings. The molecule has 0 aromatic heterocycles. The van der Waals surface area contributed by atoms with Crippen LogP contribution in [0.3, 0.4) is 0 Å². The Morgan fingerprint density at radius 3 is 2.15 bits per heavy atom. The van der Waals surface area contributed by atoms with Crippen LogP contribution >= 0.6 is 0 Å². The molecule has 0 aliphatic heterocycles. The molecule has 0 aliphatic carbocycles. The quantitative estimate of drug-likeness (QED) is 0.168. The fourth-order valence-corrected chi connectivity index (χ4v) is 2.37. The van der Waals surface area contributed by atoms with Crippen LogP contribution in [-0.4, -0.2) is 41.2 Å². The molecule has 0 spiro atoms. The summed E-state index contributed by atoms with van der Waals surface area (Å²) in [6.07, 6.45) is 0.652. The zero-order chi connectivity index (χ0) is 19.6. The lowest BCUT2D eigenvalue weighted by molar-refractivity contribution is 0.0938. The van der Waals surface area contributed by atoms with Gasteiger partial charge in [0, 0.05) is 5.56 Å². The van der Waals surface area contributed by atoms with E-state index in [-0.39, 0.29) is 12.4 Å². The standard InChI is InChI=1S/C20H25N3O4/c1-14(23-25)15-4-8-18(9-5-15)26-12-2-3-17(24)13-27-19-10-6-16(7-11-19)20(21)22/h4-11,17,24-25H,2-3,12-13H2,1H3,(H3,21,22)/b23-14-. The summed E-state index contributed by atoms with van der Waals surface area (Å²) in [6, 6.07) is 14.1. The van der Waals surface area contributed by atoms with Crippen LogP contribution in [-0.2, 0) is 0 Å². The molecule has 0 amide bonds. The molecule has 2 aromatic carbocycles. The van der Waals surface area contributed by atoms with E-state index in [0.717, 1.165) is 11.3 Å². The lowest BCUT2D eigenvalue weighted by Gasteiger charge is -2.13. The molecule has 0 saturated carbocycles. The van der Waals surface area contributed by atoms with Gasteiger partial charge in [-0.15, -0.1) is 0 Å². The lowest BCUT2D eigenvalue weighted by atomic mass is 10.1. The second-order valence-corrected chi connectivity index (χ2v) is 6.10. The van der Waals surface area contributed by atoms with Crippen molar-refractivity contribution < 1.29 is 19.8 Å². The predicted molar refractivity (Wildman–Crippen MR) is 104 cm³/mol. The Kier molecular flexibility index (Phi) is 7.63. The van der Waals surface area contributed by atoms with Crippen LogP contribution in [0.15, 0.2) is 53.7 Å². The van der Waals surface area contributed by atoms with E-state index in [9.17, 15) is 5.11 Å². The second kappa shape index (κ2) is 10.2. The van der Waals surface area contributed by atoms with Crippen LogP contribution in [0.1, 0.15) is 30.9 Å². The molecule has 0 heterocycles. The summed E-state index contributed by atoms with van der Waals surface area (Å²) < 4.78 is 11.2. The average molecular weight is 371 g/mol. The molecule has 0 bridgehead atoms. The normalized spacial score (nSPS) is 12.4. The van der Waals surface area contributed by atoms with Gasteiger partial charge in [-0.2, -0.15) is 0 Å². The summed E-state index contributed by atoms with van der Waals surface area (Å²) in [7, 11) is 0. The monoisotopic (exact) mass is 371 g/mol. The fraction of sp³-hybridized carbons (Fsp3) is 0.300. The van der Waals surface area contributed by atoms with Gasteiger partial charge in [0.25, 0.3) is 0 Å². The summed E-state index contributed by atoms with van der Waals surface area (Å²) in [5.74, 6) is 1.35. The molecule has 0 saturated heterocycles. The van der Waals surface area contributed by atoms with E-state index in [4.69, 9.17) is 25.8 Å². The molecule has 27 heavy (non-hydrogen) atoms. The Morgan fingerprint density at radius 1 is 1.04 bits per heavy atom. The van der Waals surface area contributed by atoms with Gasteiger partial charge in [0.15, 0.2) is 0 Å². The van der Waals surface area contributed by atoms with E-state index in [1.54, 1.807) is 31.2 Å². The topological polar surface area (TPSA) is 121 Å². The van der Waals surface area contributed by atoms with Crippen LogP contribution in [0.5, 0.6) is 11.5 Å². The highest BCUT2D eigenvalue weighted by Gasteiger charge is 2.06. The zero-order valence-electron chi connectivity index (χ0n) is 15.3. The van der Waals surface area contributed by atoms with E-state index in [2.05, 4.69) is 5.16 Å². The van der Waals surface area contributed by atoms with Crippen molar-refractivity contribution in [3.63, 3.8) is 0 Å². The molecule has 1 unspecified atom stereocenters. The number of oxime groups is 1. The van der Waals surface area contributed by atoms with Gasteiger partial charge in [-0.1, -0.05) is 5.16 Å². The third-order valence-corrected chi connectivity index (χ3v) is 3.98. The average Bonchev–Trinajstić information content (AvgIpc) is 2.69. The van der Waals surface area contributed by atoms with E-state index < -0.39 is 6.10 Å². The number of rotatable bonds is 10. The van der Waals surface area contributed by atoms with Crippen LogP contribution in [0.2, 0.25) is 0 Å². The fourth-order valence-electron chi connectivity index (χ4n) is 2.37. The maximum atomic E-state index is 10.0. The number of ether oxygens (including phenoxy) is 2. The van der Waals surface area contributed by atoms with Gasteiger partial charge < -0.3 is 25.5 Å². The lowest BCUT2D eigenvalue weighted by Crippen LogP contribution is -2.18. The Labute approximate surface area is 158 Å². The first-order chi connectivity index (χ1) is 13.0. The number of aliphatic hydroxyl groups excluding tert-OH is 1. The first-order valence-corrected chi connectivity index (χ1v) is 8.67. The summed E-state index contributed by atoms with van der Waals surface area (Å²) in [4.78, 5) is 0. The Balaban J connectivity index is 1.65. The largest absolute Gasteiger partial charge is 0.494 e. The van der Waals surface area contributed by atoms with Crippen LogP contribution in [0, 0.1) is 5.41 Å². The SMILES string of the molecule is C/C(=N/O)c1ccc(OCCCC(O)COc2ccc(C(=N)N)cc2)cc1. The molecular weight excluding hydrogens is 346 g/mol. The van der Waals surface area contributed by atoms with Crippen molar-refractivity contribution in [1.29, 1.82) is 5.41 Å². The third kappa shape index (κ3) is 6.63. The van der Waals surface area contributed by atoms with Gasteiger partial charge in [-0.3, -0.25) is 5.41 Å². The summed E-state index contributed by atoms with van der Waals surface area (Å²) in [5, 5.41) is 29.2. The van der Waals surface area contributed by atoms with Crippen molar-refractivity contribution >= 4 is 11.5 Å². The number of aliphatic hydroxyl groups is 1. The van der Waals surface area contributed by atoms with E-state index in [1.165, 1.54) is 0 Å². The maximum Gasteiger partial charge on any atom is 0.122 e. The predicted octanol–water partition coefficient (Wildman–Crippen LogP) is 2.77. The van der Waals surface area contributed by atoms with Gasteiger partial charge >= 0.3 is 0 Å². The molecule has 144 valence electrons. The minimum absolute atomic E-state index is 0.00730. The van der Waals surface area contributed by atoms with Gasteiger partial charge in [0.1, 0.15) is 23.9 Å². The summed E-state index contributed by atoms with van der Waals surface area (Å²) in [6.45, 7) is 2.39. The molecule has 1 atom stereocenters. The van der Waals surface area contributed by atoms with Gasteiger partial charge in [-0.25, -0.2) is 0 Å². The van der Waals surface area contributed by atoms with Crippen LogP contribution < -0.4 is 15.2 Å². The highest BCUT2D eigenvalue weighted by Crippen LogP contribution is 2.15. The summed E-state index contributed by atoms with van der Waals surface area (Å²) in [5.41, 5.74) is 7.40. The smallest absolute Gasteiger partial charge is 0.122 e. The number of hydrogen-bond donors (Lipinski definition) is 4. The van der Waals surface area contributed by atoms with E-state index >= 15 is 0 Å². The Morgan fingerprint density at radius 2 is 1.59 bits per heavy atom. The molecule has 0 aliphatic rings. The number of amidine groups is 1. The Hall–Kier alpha value is -3.06. The molecule has 2 aromatic rings. The Bertz CT molecular complexity index is 758. The van der Waals surface area contributed by atoms with Crippen molar-refractivity contribution in [2.45, 2.75) is 25.9 Å². The number of nitrogen functional groups attached to an aromatic ring is 1.